The van der Waals surface area contributed by atoms with E-state index in [1.54, 1.807) is 24.0 Å². The number of benzene rings is 2. The normalized spacial score (nSPS) is 26.9. The van der Waals surface area contributed by atoms with Crippen LogP contribution in [0.4, 0.5) is 0 Å². The topological polar surface area (TPSA) is 125 Å². The molecule has 2 aromatic carbocycles. The zero-order chi connectivity index (χ0) is 37.1. The molecule has 5 rings (SSSR count). The highest BCUT2D eigenvalue weighted by Crippen LogP contribution is 2.61. The van der Waals surface area contributed by atoms with Gasteiger partial charge in [-0.3, -0.25) is 19.2 Å². The van der Waals surface area contributed by atoms with E-state index in [1.807, 2.05) is 81.4 Å². The Hall–Kier alpha value is -3.80. The van der Waals surface area contributed by atoms with E-state index in [0.717, 1.165) is 5.56 Å². The van der Waals surface area contributed by atoms with Crippen molar-refractivity contribution < 1.29 is 33.8 Å². The molecule has 10 nitrogen and oxygen atoms in total. The van der Waals surface area contributed by atoms with E-state index in [0.29, 0.717) is 24.8 Å². The number of nitrogens with one attached hydrogen (secondary N) is 1. The van der Waals surface area contributed by atoms with Gasteiger partial charge in [-0.15, -0.1) is 13.2 Å². The van der Waals surface area contributed by atoms with Crippen LogP contribution in [0.5, 0.6) is 0 Å². The molecule has 3 heterocycles. The molecule has 3 saturated heterocycles. The van der Waals surface area contributed by atoms with Crippen LogP contribution in [0.1, 0.15) is 64.2 Å². The summed E-state index contributed by atoms with van der Waals surface area (Å²) in [6.07, 6.45) is 3.04. The highest BCUT2D eigenvalue weighted by Gasteiger charge is 2.77. The molecule has 2 N–H and O–H groups in total. The first-order valence-electron chi connectivity index (χ1n) is 17.7. The summed E-state index contributed by atoms with van der Waals surface area (Å²) in [6.45, 7) is 14.9. The molecule has 1 spiro atoms. The van der Waals surface area contributed by atoms with Crippen molar-refractivity contribution in [2.75, 3.05) is 13.2 Å². The predicted octanol–water partition coefficient (Wildman–Crippen LogP) is 4.91. The molecule has 1 unspecified atom stereocenters. The highest BCUT2D eigenvalue weighted by molar-refractivity contribution is 9.09. The number of allylic oxidation sites excluding steroid dienone is 1. The van der Waals surface area contributed by atoms with Crippen molar-refractivity contribution in [2.24, 2.45) is 11.8 Å². The van der Waals surface area contributed by atoms with Gasteiger partial charge in [0.25, 0.3) is 0 Å². The maximum Gasteiger partial charge on any atom is 0.313 e. The lowest BCUT2D eigenvalue weighted by molar-refractivity contribution is -0.162. The molecule has 9 atom stereocenters. The largest absolute Gasteiger partial charge is 0.455 e. The number of aliphatic hydroxyl groups is 1. The predicted molar refractivity (Wildman–Crippen MR) is 198 cm³/mol. The van der Waals surface area contributed by atoms with Gasteiger partial charge in [0.1, 0.15) is 17.7 Å². The SMILES string of the molecule is C=CCCC(=O)N[C@H](C)[C@@H](OC(=O)[C@H]1[C@@H]2O[C@@]3(CC2Br)[C@@H]1C(=O)N([C@@H](CO)Cc1ccccc1)[C@@H]3C(=O)N(CC=C)C(C)(C)C)c1ccccc1. The second-order valence-electron chi connectivity index (χ2n) is 14.8. The Labute approximate surface area is 309 Å². The van der Waals surface area contributed by atoms with Gasteiger partial charge in [-0.1, -0.05) is 88.7 Å². The Morgan fingerprint density at radius 1 is 1.12 bits per heavy atom. The number of nitrogens with zero attached hydrogens (tertiary/aromatic N) is 2. The molecular weight excluding hydrogens is 714 g/mol. The number of fused-ring (bicyclic) bond motifs is 1. The van der Waals surface area contributed by atoms with E-state index >= 15 is 0 Å². The molecular formula is C40H50BrN3O7. The van der Waals surface area contributed by atoms with Gasteiger partial charge in [0.05, 0.1) is 36.6 Å². The fraction of sp³-hybridized carbons (Fsp3) is 0.500. The van der Waals surface area contributed by atoms with Crippen LogP contribution >= 0.6 is 15.9 Å². The molecule has 11 heteroatoms. The minimum absolute atomic E-state index is 0.207. The number of carbonyl (C=O) groups is 4. The Morgan fingerprint density at radius 3 is 2.35 bits per heavy atom. The number of likely N-dealkylation sites (tertiary alicyclic amines) is 1. The summed E-state index contributed by atoms with van der Waals surface area (Å²) < 4.78 is 13.1. The molecule has 2 aromatic rings. The van der Waals surface area contributed by atoms with Crippen molar-refractivity contribution in [2.45, 2.75) is 99.7 Å². The van der Waals surface area contributed by atoms with E-state index in [1.165, 1.54) is 4.90 Å². The van der Waals surface area contributed by atoms with Crippen LogP contribution < -0.4 is 5.32 Å². The number of alkyl halides is 1. The minimum atomic E-state index is -1.36. The average molecular weight is 765 g/mol. The lowest BCUT2D eigenvalue weighted by Gasteiger charge is -2.43. The molecule has 3 amide bonds. The minimum Gasteiger partial charge on any atom is -0.455 e. The summed E-state index contributed by atoms with van der Waals surface area (Å²) in [4.78, 5) is 59.9. The number of hydrogen-bond acceptors (Lipinski definition) is 7. The zero-order valence-electron chi connectivity index (χ0n) is 29.9. The zero-order valence-corrected chi connectivity index (χ0v) is 31.5. The first-order chi connectivity index (χ1) is 24.3. The Morgan fingerprint density at radius 2 is 1.76 bits per heavy atom. The molecule has 3 aliphatic heterocycles. The average Bonchev–Trinajstić information content (AvgIpc) is 3.70. The van der Waals surface area contributed by atoms with Gasteiger partial charge in [-0.05, 0) is 58.1 Å². The first kappa shape index (κ1) is 38.4. The number of aliphatic hydroxyl groups excluding tert-OH is 1. The number of carbonyl (C=O) groups excluding carboxylic acids is 4. The third-order valence-electron chi connectivity index (χ3n) is 10.3. The molecule has 0 aromatic heterocycles. The smallest absolute Gasteiger partial charge is 0.313 e. The van der Waals surface area contributed by atoms with Gasteiger partial charge in [0, 0.05) is 23.3 Å². The maximum absolute atomic E-state index is 14.9. The summed E-state index contributed by atoms with van der Waals surface area (Å²) in [5, 5.41) is 13.8. The van der Waals surface area contributed by atoms with E-state index in [-0.39, 0.29) is 29.6 Å². The number of halogens is 1. The van der Waals surface area contributed by atoms with Gasteiger partial charge < -0.3 is 29.7 Å². The van der Waals surface area contributed by atoms with Crippen LogP contribution in [0.25, 0.3) is 0 Å². The second-order valence-corrected chi connectivity index (χ2v) is 16.0. The van der Waals surface area contributed by atoms with Crippen LogP contribution in [0.15, 0.2) is 86.0 Å². The lowest BCUT2D eigenvalue weighted by atomic mass is 9.70. The molecule has 3 fully saturated rings. The summed E-state index contributed by atoms with van der Waals surface area (Å²) in [7, 11) is 0. The van der Waals surface area contributed by atoms with E-state index in [4.69, 9.17) is 9.47 Å². The number of ether oxygens (including phenoxy) is 2. The van der Waals surface area contributed by atoms with Crippen LogP contribution in [0.2, 0.25) is 0 Å². The van der Waals surface area contributed by atoms with E-state index < -0.39 is 71.8 Å². The number of rotatable bonds is 15. The lowest BCUT2D eigenvalue weighted by Crippen LogP contribution is -2.62. The third kappa shape index (κ3) is 7.57. The van der Waals surface area contributed by atoms with E-state index in [9.17, 15) is 24.3 Å². The van der Waals surface area contributed by atoms with Crippen molar-refractivity contribution in [3.05, 3.63) is 97.1 Å². The highest BCUT2D eigenvalue weighted by atomic mass is 79.9. The molecule has 2 bridgehead atoms. The number of amides is 3. The first-order valence-corrected chi connectivity index (χ1v) is 18.6. The molecule has 0 saturated carbocycles. The quantitative estimate of drug-likeness (QED) is 0.150. The Balaban J connectivity index is 1.55. The van der Waals surface area contributed by atoms with Crippen LogP contribution in [0, 0.1) is 11.8 Å². The van der Waals surface area contributed by atoms with Gasteiger partial charge in [0.15, 0.2) is 0 Å². The summed E-state index contributed by atoms with van der Waals surface area (Å²) in [5.74, 6) is -3.72. The molecule has 0 radical (unpaired) electrons. The summed E-state index contributed by atoms with van der Waals surface area (Å²) in [6, 6.07) is 16.1. The Kier molecular flexibility index (Phi) is 11.9. The van der Waals surface area contributed by atoms with Crippen LogP contribution in [-0.2, 0) is 35.1 Å². The van der Waals surface area contributed by atoms with Crippen molar-refractivity contribution in [3.8, 4) is 0 Å². The van der Waals surface area contributed by atoms with Crippen LogP contribution in [-0.4, -0.2) is 91.9 Å². The summed E-state index contributed by atoms with van der Waals surface area (Å²) in [5.41, 5.74) is -0.436. The second kappa shape index (κ2) is 15.8. The third-order valence-corrected chi connectivity index (χ3v) is 11.2. The van der Waals surface area contributed by atoms with Gasteiger partial charge >= 0.3 is 5.97 Å². The molecule has 3 aliphatic rings. The Bertz CT molecular complexity index is 1600. The standard InChI is InChI=1S/C40H50BrN3O7/c1-7-9-20-30(46)42-25(3)33(27-18-14-11-15-19-27)50-38(49)31-32-36(47)44(28(24-45)22-26-16-12-10-13-17-26)35(40(32)23-29(41)34(31)51-40)37(48)43(21-8-2)39(4,5)6/h7-8,10-19,25,28-29,31-35,45H,1-2,9,20-24H2,3-6H3,(H,42,46)/t25-,28-,29?,31-,32+,33-,34-,35-,40+/m1/s1. The summed E-state index contributed by atoms with van der Waals surface area (Å²) >= 11 is 3.75. The van der Waals surface area contributed by atoms with Crippen LogP contribution in [0.3, 0.4) is 0 Å². The van der Waals surface area contributed by atoms with Gasteiger partial charge in [-0.25, -0.2) is 0 Å². The fourth-order valence-electron chi connectivity index (χ4n) is 8.06. The van der Waals surface area contributed by atoms with Gasteiger partial charge in [-0.2, -0.15) is 0 Å². The van der Waals surface area contributed by atoms with E-state index in [2.05, 4.69) is 34.4 Å². The maximum atomic E-state index is 14.9. The molecule has 274 valence electrons. The fourth-order valence-corrected chi connectivity index (χ4v) is 9.00. The molecule has 0 aliphatic carbocycles. The van der Waals surface area contributed by atoms with Crippen molar-refractivity contribution >= 4 is 39.6 Å². The molecule has 51 heavy (non-hydrogen) atoms. The van der Waals surface area contributed by atoms with Crippen molar-refractivity contribution in [3.63, 3.8) is 0 Å². The monoisotopic (exact) mass is 763 g/mol. The van der Waals surface area contributed by atoms with Gasteiger partial charge in [0.2, 0.25) is 17.7 Å². The number of hydrogen-bond donors (Lipinski definition) is 2. The van der Waals surface area contributed by atoms with Crippen molar-refractivity contribution in [1.82, 2.24) is 15.1 Å². The van der Waals surface area contributed by atoms with Crippen molar-refractivity contribution in [1.29, 1.82) is 0 Å². The number of esters is 1.